The average Bonchev–Trinajstić information content (AvgIpc) is 3.74. The normalized spacial score (nSPS) is 23.6. The van der Waals surface area contributed by atoms with Crippen LogP contribution in [0.1, 0.15) is 37.8 Å². The lowest BCUT2D eigenvalue weighted by Gasteiger charge is -2.50. The van der Waals surface area contributed by atoms with Crippen LogP contribution in [0.2, 0.25) is 0 Å². The summed E-state index contributed by atoms with van der Waals surface area (Å²) in [5.74, 6) is -2.84. The minimum atomic E-state index is -1.53. The largest absolute Gasteiger partial charge is 0.543 e. The lowest BCUT2D eigenvalue weighted by molar-refractivity contribution is -0.670. The van der Waals surface area contributed by atoms with E-state index in [-0.39, 0.29) is 40.0 Å². The number of nitrogens with zero attached hydrogens (tertiary/aromatic N) is 5. The number of aliphatic carboxylic acids is 1. The molecule has 2 saturated heterocycles. The van der Waals surface area contributed by atoms with E-state index in [2.05, 4.69) is 15.5 Å². The molecule has 4 aliphatic rings. The Morgan fingerprint density at radius 3 is 2.79 bits per heavy atom. The van der Waals surface area contributed by atoms with Gasteiger partial charge in [0.15, 0.2) is 23.2 Å². The van der Waals surface area contributed by atoms with Crippen LogP contribution in [0.5, 0.6) is 0 Å². The molecule has 3 fully saturated rings. The summed E-state index contributed by atoms with van der Waals surface area (Å²) in [5, 5.41) is 20.2. The number of hydrogen-bond acceptors (Lipinski definition) is 11. The highest BCUT2D eigenvalue weighted by Crippen LogP contribution is 2.41. The number of aromatic nitrogens is 2. The van der Waals surface area contributed by atoms with Crippen molar-refractivity contribution in [3.63, 3.8) is 0 Å². The molecule has 2 aromatic heterocycles. The molecule has 43 heavy (non-hydrogen) atoms. The molecule has 0 radical (unpaired) electrons. The van der Waals surface area contributed by atoms with Gasteiger partial charge in [-0.2, -0.15) is 0 Å². The van der Waals surface area contributed by atoms with E-state index in [0.717, 1.165) is 47.6 Å². The van der Waals surface area contributed by atoms with Crippen LogP contribution in [-0.2, 0) is 31.1 Å². The summed E-state index contributed by atoms with van der Waals surface area (Å²) in [6.07, 6.45) is 9.26. The SMILES string of the molecule is C[n+]1cccc(N2CC/C(=C\C3=C(C(=O)[O-])N4C(=O)[C@@H](NC(=O)/C(=N\OC5CCCC5)c5csc(N)n5)[C@H]4SC3)C2=O)c1. The lowest BCUT2D eigenvalue weighted by Crippen LogP contribution is -2.71. The van der Waals surface area contributed by atoms with Crippen LogP contribution in [0.25, 0.3) is 0 Å². The number of allylic oxidation sites excluding steroid dienone is 1. The first-order chi connectivity index (χ1) is 20.7. The molecule has 2 atom stereocenters. The lowest BCUT2D eigenvalue weighted by atomic mass is 10.0. The van der Waals surface area contributed by atoms with Gasteiger partial charge >= 0.3 is 0 Å². The van der Waals surface area contributed by atoms with Gasteiger partial charge in [-0.05, 0) is 49.8 Å². The number of carboxylic acids is 1. The van der Waals surface area contributed by atoms with Crippen molar-refractivity contribution in [2.75, 3.05) is 22.9 Å². The van der Waals surface area contributed by atoms with Gasteiger partial charge in [-0.15, -0.1) is 23.1 Å². The van der Waals surface area contributed by atoms with Crippen LogP contribution in [0.3, 0.4) is 0 Å². The van der Waals surface area contributed by atoms with Gasteiger partial charge in [0.2, 0.25) is 0 Å². The molecular weight excluding hydrogens is 594 g/mol. The molecule has 3 amide bonds. The number of hydrogen-bond donors (Lipinski definition) is 2. The number of β-lactam (4-membered cyclic amide) rings is 1. The number of oxime groups is 1. The number of nitrogens with one attached hydrogen (secondary N) is 1. The second kappa shape index (κ2) is 11.8. The Hall–Kier alpha value is -4.24. The Morgan fingerprint density at radius 2 is 2.09 bits per heavy atom. The molecule has 1 aliphatic carbocycles. The summed E-state index contributed by atoms with van der Waals surface area (Å²) in [7, 11) is 1.86. The summed E-state index contributed by atoms with van der Waals surface area (Å²) in [6, 6.07) is 2.67. The Kier molecular flexibility index (Phi) is 7.92. The highest BCUT2D eigenvalue weighted by Gasteiger charge is 2.53. The van der Waals surface area contributed by atoms with E-state index in [1.165, 1.54) is 11.8 Å². The number of carboxylic acid groups (broad SMARTS) is 1. The molecule has 1 saturated carbocycles. The van der Waals surface area contributed by atoms with Gasteiger partial charge in [0.25, 0.3) is 17.7 Å². The van der Waals surface area contributed by atoms with Gasteiger partial charge in [0.05, 0.1) is 11.7 Å². The molecule has 2 aromatic rings. The Morgan fingerprint density at radius 1 is 1.30 bits per heavy atom. The van der Waals surface area contributed by atoms with E-state index >= 15 is 0 Å². The van der Waals surface area contributed by atoms with Crippen molar-refractivity contribution in [2.24, 2.45) is 12.2 Å². The van der Waals surface area contributed by atoms with Crippen LogP contribution in [0.4, 0.5) is 10.8 Å². The second-order valence-electron chi connectivity index (χ2n) is 10.6. The molecule has 0 bridgehead atoms. The van der Waals surface area contributed by atoms with Crippen molar-refractivity contribution in [3.05, 3.63) is 58.5 Å². The first-order valence-corrected chi connectivity index (χ1v) is 15.8. The highest BCUT2D eigenvalue weighted by molar-refractivity contribution is 8.00. The minimum Gasteiger partial charge on any atom is -0.543 e. The summed E-state index contributed by atoms with van der Waals surface area (Å²) in [6.45, 7) is 0.452. The topological polar surface area (TPSA) is 174 Å². The summed E-state index contributed by atoms with van der Waals surface area (Å²) >= 11 is 2.43. The quantitative estimate of drug-likeness (QED) is 0.135. The molecule has 3 N–H and O–H groups in total. The summed E-state index contributed by atoms with van der Waals surface area (Å²) in [5.41, 5.74) is 7.09. The molecular formula is C28H29N7O6S2. The minimum absolute atomic E-state index is 0.105. The van der Waals surface area contributed by atoms with Crippen molar-refractivity contribution < 1.29 is 33.7 Å². The summed E-state index contributed by atoms with van der Waals surface area (Å²) in [4.78, 5) is 64.5. The highest BCUT2D eigenvalue weighted by atomic mass is 32.2. The van der Waals surface area contributed by atoms with E-state index in [4.69, 9.17) is 10.6 Å². The van der Waals surface area contributed by atoms with Gasteiger partial charge < -0.3 is 30.7 Å². The maximum Gasteiger partial charge on any atom is 0.276 e. The Labute approximate surface area is 255 Å². The maximum atomic E-state index is 13.3. The van der Waals surface area contributed by atoms with Gasteiger partial charge in [-0.25, -0.2) is 9.55 Å². The first-order valence-electron chi connectivity index (χ1n) is 13.8. The maximum absolute atomic E-state index is 13.3. The molecule has 13 nitrogen and oxygen atoms in total. The van der Waals surface area contributed by atoms with Crippen molar-refractivity contribution in [1.29, 1.82) is 0 Å². The number of pyridine rings is 1. The zero-order valence-corrected chi connectivity index (χ0v) is 24.9. The van der Waals surface area contributed by atoms with E-state index < -0.39 is 29.2 Å². The third-order valence-corrected chi connectivity index (χ3v) is 9.74. The zero-order chi connectivity index (χ0) is 30.2. The Bertz CT molecular complexity index is 1600. The number of amides is 3. The van der Waals surface area contributed by atoms with Crippen molar-refractivity contribution in [2.45, 2.75) is 49.6 Å². The zero-order valence-electron chi connectivity index (χ0n) is 23.2. The van der Waals surface area contributed by atoms with Crippen LogP contribution >= 0.6 is 23.1 Å². The van der Waals surface area contributed by atoms with Crippen molar-refractivity contribution >= 4 is 63.3 Å². The molecule has 224 valence electrons. The first kappa shape index (κ1) is 28.9. The fourth-order valence-electron chi connectivity index (χ4n) is 5.61. The van der Waals surface area contributed by atoms with E-state index in [0.29, 0.717) is 24.1 Å². The van der Waals surface area contributed by atoms with Gasteiger partial charge in [-0.1, -0.05) is 5.16 Å². The summed E-state index contributed by atoms with van der Waals surface area (Å²) < 4.78 is 1.84. The number of thioether (sulfide) groups is 1. The Balaban J connectivity index is 1.20. The molecule has 6 rings (SSSR count). The predicted molar refractivity (Wildman–Crippen MR) is 156 cm³/mol. The average molecular weight is 624 g/mol. The number of carbonyl (C=O) groups is 4. The number of aryl methyl sites for hydroxylation is 1. The number of nitrogens with two attached hydrogens (primary N) is 1. The molecule has 3 aliphatic heterocycles. The molecule has 0 aromatic carbocycles. The van der Waals surface area contributed by atoms with Crippen LogP contribution < -0.4 is 25.6 Å². The molecule has 5 heterocycles. The van der Waals surface area contributed by atoms with Gasteiger partial charge in [-0.3, -0.25) is 19.3 Å². The predicted octanol–water partition coefficient (Wildman–Crippen LogP) is -0.0197. The van der Waals surface area contributed by atoms with Crippen LogP contribution in [0.15, 0.2) is 58.0 Å². The van der Waals surface area contributed by atoms with Crippen LogP contribution in [0, 0.1) is 0 Å². The monoisotopic (exact) mass is 623 g/mol. The number of thiazole rings is 1. The van der Waals surface area contributed by atoms with E-state index in [1.807, 2.05) is 36.1 Å². The fourth-order valence-corrected chi connectivity index (χ4v) is 7.46. The van der Waals surface area contributed by atoms with E-state index in [1.54, 1.807) is 16.4 Å². The van der Waals surface area contributed by atoms with Gasteiger partial charge in [0, 0.05) is 29.3 Å². The third-order valence-electron chi connectivity index (χ3n) is 7.76. The smallest absolute Gasteiger partial charge is 0.276 e. The van der Waals surface area contributed by atoms with Crippen LogP contribution in [-0.4, -0.2) is 69.1 Å². The number of nitrogen functional groups attached to an aromatic ring is 1. The molecule has 15 heteroatoms. The van der Waals surface area contributed by atoms with Crippen molar-refractivity contribution in [3.8, 4) is 0 Å². The number of anilines is 2. The fraction of sp³-hybridized carbons (Fsp3) is 0.393. The molecule has 0 unspecified atom stereocenters. The van der Waals surface area contributed by atoms with E-state index in [9.17, 15) is 24.3 Å². The third kappa shape index (κ3) is 5.61. The molecule has 0 spiro atoms. The number of fused-ring (bicyclic) bond motifs is 1. The van der Waals surface area contributed by atoms with Gasteiger partial charge in [0.1, 0.15) is 35.9 Å². The number of carbonyl (C=O) groups excluding carboxylic acids is 4. The standard InChI is InChI=1S/C28H29N7O6S2/c1-33-9-4-5-17(12-33)34-10-8-15(24(34)37)11-16-13-42-26-21(25(38)35(26)22(16)27(39)40)31-23(36)20(19-14-43-28(29)30-19)32-41-18-6-2-3-7-18/h4-5,9,11-12,14,18,21,26H,2-3,6-8,10,13H2,1H3,(H3-,29,30,31,36,39,40)/b15-11+,32-20-/t21-,26-/m1/s1. The second-order valence-corrected chi connectivity index (χ2v) is 12.6. The van der Waals surface area contributed by atoms with Crippen molar-refractivity contribution in [1.82, 2.24) is 15.2 Å². The number of rotatable bonds is 8.